The lowest BCUT2D eigenvalue weighted by Crippen LogP contribution is -2.35. The average molecular weight is 322 g/mol. The summed E-state index contributed by atoms with van der Waals surface area (Å²) in [6.45, 7) is 4.58. The molecular weight excluding hydrogens is 300 g/mol. The molecule has 1 aliphatic rings. The number of carbonyl (C=O) groups is 1. The molecule has 0 aromatic heterocycles. The summed E-state index contributed by atoms with van der Waals surface area (Å²) in [4.78, 5) is 14.0. The van der Waals surface area contributed by atoms with Crippen molar-refractivity contribution in [3.63, 3.8) is 0 Å². The van der Waals surface area contributed by atoms with Gasteiger partial charge in [0.05, 0.1) is 14.2 Å². The van der Waals surface area contributed by atoms with E-state index < -0.39 is 0 Å². The van der Waals surface area contributed by atoms with E-state index in [4.69, 9.17) is 21.7 Å². The van der Waals surface area contributed by atoms with Gasteiger partial charge in [-0.3, -0.25) is 9.69 Å². The highest BCUT2D eigenvalue weighted by atomic mass is 32.1. The molecule has 1 aromatic rings. The standard InChI is InChI=1S/C16H22N2O3S/c1-10(2)14-15(19)18(16(22)17-14)8-7-11-5-6-12(20-3)13(9-11)21-4/h5-6,9-10,14H,7-8H2,1-4H3,(H,17,22)/t14-/m0/s1. The van der Waals surface area contributed by atoms with Gasteiger partial charge in [-0.05, 0) is 42.3 Å². The fraction of sp³-hybridized carbons (Fsp3) is 0.500. The van der Waals surface area contributed by atoms with E-state index in [-0.39, 0.29) is 17.9 Å². The van der Waals surface area contributed by atoms with Crippen molar-refractivity contribution in [3.05, 3.63) is 23.8 Å². The number of hydrogen-bond acceptors (Lipinski definition) is 4. The van der Waals surface area contributed by atoms with Gasteiger partial charge in [-0.25, -0.2) is 0 Å². The fourth-order valence-corrected chi connectivity index (χ4v) is 2.79. The van der Waals surface area contributed by atoms with Gasteiger partial charge in [0.15, 0.2) is 16.6 Å². The number of amides is 1. The molecule has 0 unspecified atom stereocenters. The van der Waals surface area contributed by atoms with Gasteiger partial charge in [0.25, 0.3) is 5.91 Å². The first kappa shape index (κ1) is 16.5. The number of hydrogen-bond donors (Lipinski definition) is 1. The van der Waals surface area contributed by atoms with Gasteiger partial charge in [0, 0.05) is 6.54 Å². The quantitative estimate of drug-likeness (QED) is 0.812. The molecule has 1 aromatic carbocycles. The molecule has 1 amide bonds. The van der Waals surface area contributed by atoms with Crippen molar-refractivity contribution >= 4 is 23.2 Å². The fourth-order valence-electron chi connectivity index (χ4n) is 2.48. The zero-order valence-corrected chi connectivity index (χ0v) is 14.2. The van der Waals surface area contributed by atoms with Gasteiger partial charge in [0.1, 0.15) is 6.04 Å². The van der Waals surface area contributed by atoms with Crippen molar-refractivity contribution in [2.75, 3.05) is 20.8 Å². The van der Waals surface area contributed by atoms with Gasteiger partial charge in [-0.15, -0.1) is 0 Å². The van der Waals surface area contributed by atoms with Crippen molar-refractivity contribution in [1.29, 1.82) is 0 Å². The zero-order chi connectivity index (χ0) is 16.3. The smallest absolute Gasteiger partial charge is 0.251 e. The Bertz CT molecular complexity index is 575. The van der Waals surface area contributed by atoms with Crippen LogP contribution in [0.2, 0.25) is 0 Å². The van der Waals surface area contributed by atoms with Crippen molar-refractivity contribution in [3.8, 4) is 11.5 Å². The second-order valence-corrected chi connectivity index (χ2v) is 5.99. The molecule has 1 heterocycles. The van der Waals surface area contributed by atoms with Crippen molar-refractivity contribution in [2.45, 2.75) is 26.3 Å². The summed E-state index contributed by atoms with van der Waals surface area (Å²) in [5, 5.41) is 3.61. The zero-order valence-electron chi connectivity index (χ0n) is 13.4. The molecule has 0 spiro atoms. The maximum Gasteiger partial charge on any atom is 0.251 e. The first-order valence-corrected chi connectivity index (χ1v) is 7.71. The van der Waals surface area contributed by atoms with Crippen LogP contribution < -0.4 is 14.8 Å². The molecule has 120 valence electrons. The predicted octanol–water partition coefficient (Wildman–Crippen LogP) is 1.99. The molecule has 0 saturated carbocycles. The molecule has 2 rings (SSSR count). The first-order chi connectivity index (χ1) is 10.5. The minimum atomic E-state index is -0.210. The SMILES string of the molecule is COc1ccc(CCN2C(=O)[C@H](C(C)C)NC2=S)cc1OC. The third kappa shape index (κ3) is 3.32. The Morgan fingerprint density at radius 2 is 1.95 bits per heavy atom. The summed E-state index contributed by atoms with van der Waals surface area (Å²) in [5.41, 5.74) is 1.07. The maximum atomic E-state index is 12.3. The van der Waals surface area contributed by atoms with E-state index >= 15 is 0 Å². The Hall–Kier alpha value is -1.82. The second kappa shape index (κ2) is 6.96. The van der Waals surface area contributed by atoms with Crippen LogP contribution in [0, 0.1) is 5.92 Å². The Balaban J connectivity index is 2.04. The number of benzene rings is 1. The van der Waals surface area contributed by atoms with Crippen LogP contribution in [0.25, 0.3) is 0 Å². The minimum Gasteiger partial charge on any atom is -0.493 e. The molecule has 5 nitrogen and oxygen atoms in total. The van der Waals surface area contributed by atoms with Gasteiger partial charge in [-0.2, -0.15) is 0 Å². The molecule has 1 N–H and O–H groups in total. The molecule has 6 heteroatoms. The van der Waals surface area contributed by atoms with E-state index in [1.165, 1.54) is 0 Å². The highest BCUT2D eigenvalue weighted by molar-refractivity contribution is 7.80. The molecule has 1 aliphatic heterocycles. The highest BCUT2D eigenvalue weighted by Crippen LogP contribution is 2.28. The lowest BCUT2D eigenvalue weighted by Gasteiger charge is -2.16. The number of methoxy groups -OCH3 is 2. The summed E-state index contributed by atoms with van der Waals surface area (Å²) >= 11 is 5.27. The molecule has 1 atom stereocenters. The van der Waals surface area contributed by atoms with E-state index in [9.17, 15) is 4.79 Å². The van der Waals surface area contributed by atoms with Gasteiger partial charge < -0.3 is 14.8 Å². The highest BCUT2D eigenvalue weighted by Gasteiger charge is 2.36. The van der Waals surface area contributed by atoms with Crippen molar-refractivity contribution < 1.29 is 14.3 Å². The Labute approximate surface area is 136 Å². The lowest BCUT2D eigenvalue weighted by atomic mass is 10.0. The van der Waals surface area contributed by atoms with E-state index in [2.05, 4.69) is 5.32 Å². The van der Waals surface area contributed by atoms with E-state index in [1.54, 1.807) is 19.1 Å². The summed E-state index contributed by atoms with van der Waals surface area (Å²) in [6, 6.07) is 5.56. The molecule has 0 radical (unpaired) electrons. The predicted molar refractivity (Wildman–Crippen MR) is 89.3 cm³/mol. The summed E-state index contributed by atoms with van der Waals surface area (Å²) in [5.74, 6) is 1.66. The molecule has 0 bridgehead atoms. The number of ether oxygens (including phenoxy) is 2. The summed E-state index contributed by atoms with van der Waals surface area (Å²) in [7, 11) is 3.22. The molecule has 1 fully saturated rings. The van der Waals surface area contributed by atoms with Crippen molar-refractivity contribution in [2.24, 2.45) is 5.92 Å². The minimum absolute atomic E-state index is 0.0560. The summed E-state index contributed by atoms with van der Waals surface area (Å²) in [6.07, 6.45) is 0.707. The van der Waals surface area contributed by atoms with Crippen LogP contribution in [-0.2, 0) is 11.2 Å². The molecule has 0 aliphatic carbocycles. The van der Waals surface area contributed by atoms with Crippen LogP contribution in [0.4, 0.5) is 0 Å². The average Bonchev–Trinajstić information content (AvgIpc) is 2.79. The number of rotatable bonds is 6. The summed E-state index contributed by atoms with van der Waals surface area (Å²) < 4.78 is 10.5. The van der Waals surface area contributed by atoms with Crippen LogP contribution in [0.5, 0.6) is 11.5 Å². The van der Waals surface area contributed by atoms with Gasteiger partial charge in [-0.1, -0.05) is 19.9 Å². The van der Waals surface area contributed by atoms with Gasteiger partial charge >= 0.3 is 0 Å². The second-order valence-electron chi connectivity index (χ2n) is 5.60. The van der Waals surface area contributed by atoms with Crippen LogP contribution in [0.15, 0.2) is 18.2 Å². The monoisotopic (exact) mass is 322 g/mol. The number of nitrogens with zero attached hydrogens (tertiary/aromatic N) is 1. The van der Waals surface area contributed by atoms with Crippen molar-refractivity contribution in [1.82, 2.24) is 10.2 Å². The lowest BCUT2D eigenvalue weighted by molar-refractivity contribution is -0.127. The Morgan fingerprint density at radius 1 is 1.27 bits per heavy atom. The molecule has 22 heavy (non-hydrogen) atoms. The van der Waals surface area contributed by atoms with Crippen LogP contribution in [-0.4, -0.2) is 42.7 Å². The maximum absolute atomic E-state index is 12.3. The first-order valence-electron chi connectivity index (χ1n) is 7.30. The Kier molecular flexibility index (Phi) is 5.24. The molecular formula is C16H22N2O3S. The largest absolute Gasteiger partial charge is 0.493 e. The van der Waals surface area contributed by atoms with Gasteiger partial charge in [0.2, 0.25) is 0 Å². The van der Waals surface area contributed by atoms with E-state index in [0.29, 0.717) is 29.6 Å². The third-order valence-corrected chi connectivity index (χ3v) is 4.13. The number of nitrogens with one attached hydrogen (secondary N) is 1. The normalized spacial score (nSPS) is 17.9. The number of thiocarbonyl (C=S) groups is 1. The number of carbonyl (C=O) groups excluding carboxylic acids is 1. The molecule has 1 saturated heterocycles. The third-order valence-electron chi connectivity index (χ3n) is 3.79. The van der Waals surface area contributed by atoms with Crippen LogP contribution in [0.3, 0.4) is 0 Å². The topological polar surface area (TPSA) is 50.8 Å². The Morgan fingerprint density at radius 3 is 2.50 bits per heavy atom. The van der Waals surface area contributed by atoms with E-state index in [1.807, 2.05) is 32.0 Å². The van der Waals surface area contributed by atoms with E-state index in [0.717, 1.165) is 5.56 Å². The van der Waals surface area contributed by atoms with Crippen LogP contribution >= 0.6 is 12.2 Å². The van der Waals surface area contributed by atoms with Crippen LogP contribution in [0.1, 0.15) is 19.4 Å².